The molecule has 0 aromatic carbocycles. The quantitative estimate of drug-likeness (QED) is 0.622. The molecule has 0 saturated heterocycles. The second-order valence-electron chi connectivity index (χ2n) is 11.2. The molecule has 0 aromatic heterocycles. The molecule has 0 bridgehead atoms. The average Bonchev–Trinajstić information content (AvgIpc) is 3.04. The second-order valence-corrected chi connectivity index (χ2v) is 11.2. The molecule has 4 nitrogen and oxygen atoms in total. The van der Waals surface area contributed by atoms with Crippen LogP contribution in [0.15, 0.2) is 0 Å². The zero-order valence-corrected chi connectivity index (χ0v) is 18.7. The maximum atomic E-state index is 13.4. The van der Waals surface area contributed by atoms with Crippen LogP contribution >= 0.6 is 0 Å². The number of carbonyl (C=O) groups excluding carboxylic acids is 3. The number of methoxy groups -OCH3 is 1. The molecule has 4 fully saturated rings. The molecule has 162 valence electrons. The van der Waals surface area contributed by atoms with E-state index in [4.69, 9.17) is 4.74 Å². The molecule has 0 aliphatic heterocycles. The molecule has 8 atom stereocenters. The number of hydrogen-bond donors (Lipinski definition) is 0. The van der Waals surface area contributed by atoms with E-state index in [1.807, 2.05) is 0 Å². The average molecular weight is 403 g/mol. The number of Topliss-reactive ketones (excluding diaryl/α,β-unsaturated/α-hetero) is 2. The summed E-state index contributed by atoms with van der Waals surface area (Å²) in [5.74, 6) is 3.18. The van der Waals surface area contributed by atoms with Crippen molar-refractivity contribution in [2.45, 2.75) is 85.0 Å². The number of rotatable bonds is 4. The van der Waals surface area contributed by atoms with Crippen LogP contribution in [0, 0.1) is 46.3 Å². The Kier molecular flexibility index (Phi) is 5.44. The molecular formula is C25H38O4. The van der Waals surface area contributed by atoms with Crippen molar-refractivity contribution in [2.75, 3.05) is 7.11 Å². The fourth-order valence-electron chi connectivity index (χ4n) is 8.35. The minimum atomic E-state index is -0.117. The lowest BCUT2D eigenvalue weighted by molar-refractivity contribution is -0.159. The van der Waals surface area contributed by atoms with Crippen LogP contribution in [0.5, 0.6) is 0 Å². The standard InChI is InChI=1S/C25H38O4/c1-15(5-8-22(28)29-4)18-6-7-19-23-20(10-12-25(18,19)3)24(2)11-9-17(26)13-16(24)14-21(23)27/h15-16,18-20,23H,5-14H2,1-4H3/t15-,16+,18?,19+,20+,23+,24+,25-/m1/s1. The lowest BCUT2D eigenvalue weighted by Gasteiger charge is -2.59. The molecule has 1 unspecified atom stereocenters. The third-order valence-corrected chi connectivity index (χ3v) is 10.1. The number of carbonyl (C=O) groups is 3. The first-order chi connectivity index (χ1) is 13.7. The molecule has 4 rings (SSSR count). The predicted octanol–water partition coefficient (Wildman–Crippen LogP) is 4.98. The van der Waals surface area contributed by atoms with Crippen LogP contribution in [0.4, 0.5) is 0 Å². The van der Waals surface area contributed by atoms with Gasteiger partial charge in [0.2, 0.25) is 0 Å². The van der Waals surface area contributed by atoms with E-state index in [0.29, 0.717) is 60.9 Å². The van der Waals surface area contributed by atoms with Crippen LogP contribution in [0.25, 0.3) is 0 Å². The first-order valence-electron chi connectivity index (χ1n) is 11.8. The Balaban J connectivity index is 1.54. The summed E-state index contributed by atoms with van der Waals surface area (Å²) in [7, 11) is 1.46. The molecular weight excluding hydrogens is 364 g/mol. The van der Waals surface area contributed by atoms with Crippen LogP contribution in [0.3, 0.4) is 0 Å². The highest BCUT2D eigenvalue weighted by Crippen LogP contribution is 2.67. The van der Waals surface area contributed by atoms with Gasteiger partial charge in [0, 0.05) is 31.6 Å². The Morgan fingerprint density at radius 1 is 1.07 bits per heavy atom. The van der Waals surface area contributed by atoms with E-state index >= 15 is 0 Å². The van der Waals surface area contributed by atoms with Crippen LogP contribution < -0.4 is 0 Å². The van der Waals surface area contributed by atoms with E-state index in [-0.39, 0.29) is 28.6 Å². The summed E-state index contributed by atoms with van der Waals surface area (Å²) < 4.78 is 4.84. The van der Waals surface area contributed by atoms with Gasteiger partial charge < -0.3 is 4.74 Å². The Hall–Kier alpha value is -1.19. The smallest absolute Gasteiger partial charge is 0.305 e. The van der Waals surface area contributed by atoms with Crippen LogP contribution in [-0.4, -0.2) is 24.6 Å². The zero-order valence-electron chi connectivity index (χ0n) is 18.7. The molecule has 4 saturated carbocycles. The number of ketones is 2. The predicted molar refractivity (Wildman–Crippen MR) is 111 cm³/mol. The number of esters is 1. The maximum Gasteiger partial charge on any atom is 0.305 e. The van der Waals surface area contributed by atoms with Gasteiger partial charge in [0.15, 0.2) is 0 Å². The van der Waals surface area contributed by atoms with Crippen molar-refractivity contribution in [3.8, 4) is 0 Å². The van der Waals surface area contributed by atoms with Gasteiger partial charge in [0.25, 0.3) is 0 Å². The van der Waals surface area contributed by atoms with Crippen LogP contribution in [0.2, 0.25) is 0 Å². The van der Waals surface area contributed by atoms with Crippen LogP contribution in [-0.2, 0) is 19.1 Å². The van der Waals surface area contributed by atoms with Gasteiger partial charge in [0.1, 0.15) is 11.6 Å². The molecule has 0 radical (unpaired) electrons. The summed E-state index contributed by atoms with van der Waals surface area (Å²) in [5.41, 5.74) is 0.377. The summed E-state index contributed by atoms with van der Waals surface area (Å²) in [4.78, 5) is 37.1. The Labute approximate surface area is 175 Å². The Morgan fingerprint density at radius 2 is 1.79 bits per heavy atom. The molecule has 29 heavy (non-hydrogen) atoms. The zero-order chi connectivity index (χ0) is 21.0. The van der Waals surface area contributed by atoms with Gasteiger partial charge in [-0.1, -0.05) is 20.8 Å². The molecule has 0 aromatic rings. The minimum absolute atomic E-state index is 0.117. The Bertz CT molecular complexity index is 699. The van der Waals surface area contributed by atoms with Gasteiger partial charge >= 0.3 is 5.97 Å². The van der Waals surface area contributed by atoms with Crippen molar-refractivity contribution < 1.29 is 19.1 Å². The summed E-state index contributed by atoms with van der Waals surface area (Å²) >= 11 is 0. The monoisotopic (exact) mass is 402 g/mol. The van der Waals surface area contributed by atoms with E-state index in [1.54, 1.807) is 0 Å². The fourth-order valence-corrected chi connectivity index (χ4v) is 8.35. The van der Waals surface area contributed by atoms with Crippen molar-refractivity contribution >= 4 is 17.5 Å². The first-order valence-corrected chi connectivity index (χ1v) is 11.8. The van der Waals surface area contributed by atoms with Crippen molar-refractivity contribution in [1.82, 2.24) is 0 Å². The normalized spacial score (nSPS) is 45.2. The van der Waals surface area contributed by atoms with Crippen molar-refractivity contribution in [2.24, 2.45) is 46.3 Å². The summed E-state index contributed by atoms with van der Waals surface area (Å²) in [5, 5.41) is 0. The van der Waals surface area contributed by atoms with Gasteiger partial charge in [-0.3, -0.25) is 14.4 Å². The molecule has 0 spiro atoms. The van der Waals surface area contributed by atoms with Gasteiger partial charge in [-0.2, -0.15) is 0 Å². The molecule has 4 heteroatoms. The lowest BCUT2D eigenvalue weighted by atomic mass is 9.44. The highest BCUT2D eigenvalue weighted by molar-refractivity contribution is 5.86. The number of ether oxygens (including phenoxy) is 1. The molecule has 0 N–H and O–H groups in total. The van der Waals surface area contributed by atoms with Gasteiger partial charge in [0.05, 0.1) is 7.11 Å². The first kappa shape index (κ1) is 21.1. The van der Waals surface area contributed by atoms with Crippen LogP contribution in [0.1, 0.15) is 85.0 Å². The number of hydrogen-bond acceptors (Lipinski definition) is 4. The highest BCUT2D eigenvalue weighted by Gasteiger charge is 2.63. The molecule has 0 amide bonds. The van der Waals surface area contributed by atoms with E-state index in [0.717, 1.165) is 25.7 Å². The second kappa shape index (κ2) is 7.50. The summed E-state index contributed by atoms with van der Waals surface area (Å²) in [6, 6.07) is 0. The van der Waals surface area contributed by atoms with Crippen molar-refractivity contribution in [3.05, 3.63) is 0 Å². The van der Waals surface area contributed by atoms with E-state index in [1.165, 1.54) is 20.0 Å². The van der Waals surface area contributed by atoms with Gasteiger partial charge in [-0.25, -0.2) is 0 Å². The molecule has 4 aliphatic rings. The summed E-state index contributed by atoms with van der Waals surface area (Å²) in [6.45, 7) is 7.12. The topological polar surface area (TPSA) is 60.4 Å². The number of fused-ring (bicyclic) bond motifs is 5. The Morgan fingerprint density at radius 3 is 2.52 bits per heavy atom. The fraction of sp³-hybridized carbons (Fsp3) is 0.880. The van der Waals surface area contributed by atoms with Gasteiger partial charge in [-0.05, 0) is 78.9 Å². The van der Waals surface area contributed by atoms with Crippen molar-refractivity contribution in [3.63, 3.8) is 0 Å². The molecule has 4 aliphatic carbocycles. The summed E-state index contributed by atoms with van der Waals surface area (Å²) in [6.07, 6.45) is 8.96. The van der Waals surface area contributed by atoms with E-state index in [2.05, 4.69) is 20.8 Å². The minimum Gasteiger partial charge on any atom is -0.469 e. The third kappa shape index (κ3) is 3.29. The largest absolute Gasteiger partial charge is 0.469 e. The molecule has 0 heterocycles. The van der Waals surface area contributed by atoms with E-state index in [9.17, 15) is 14.4 Å². The van der Waals surface area contributed by atoms with E-state index < -0.39 is 0 Å². The SMILES string of the molecule is COC(=O)CC[C@@H](C)C1CC[C@H]2[C@@H]3C(=O)C[C@@H]4CC(=O)CC[C@]4(C)[C@H]3CC[C@]12C. The van der Waals surface area contributed by atoms with Crippen molar-refractivity contribution in [1.29, 1.82) is 0 Å². The lowest BCUT2D eigenvalue weighted by Crippen LogP contribution is -2.57. The maximum absolute atomic E-state index is 13.4. The third-order valence-electron chi connectivity index (χ3n) is 10.1. The highest BCUT2D eigenvalue weighted by atomic mass is 16.5. The van der Waals surface area contributed by atoms with Gasteiger partial charge in [-0.15, -0.1) is 0 Å².